The molecule has 2 aliphatic rings. The minimum Gasteiger partial charge on any atom is -0.442 e. The van der Waals surface area contributed by atoms with E-state index in [1.165, 1.54) is 33.7 Å². The summed E-state index contributed by atoms with van der Waals surface area (Å²) >= 11 is 1.46. The van der Waals surface area contributed by atoms with E-state index in [2.05, 4.69) is 15.4 Å². The summed E-state index contributed by atoms with van der Waals surface area (Å²) < 4.78 is 20.0. The number of carbonyl (C=O) groups is 2. The number of thiazole rings is 1. The van der Waals surface area contributed by atoms with Gasteiger partial charge in [-0.25, -0.2) is 19.2 Å². The average Bonchev–Trinajstić information content (AvgIpc) is 3.43. The highest BCUT2D eigenvalue weighted by Crippen LogP contribution is 2.28. The van der Waals surface area contributed by atoms with Crippen molar-refractivity contribution >= 4 is 46.7 Å². The van der Waals surface area contributed by atoms with Crippen LogP contribution < -0.4 is 15.1 Å². The van der Waals surface area contributed by atoms with Crippen molar-refractivity contribution in [1.29, 1.82) is 0 Å². The van der Waals surface area contributed by atoms with Gasteiger partial charge in [-0.1, -0.05) is 13.8 Å². The summed E-state index contributed by atoms with van der Waals surface area (Å²) in [5, 5.41) is 10.9. The first-order valence-electron chi connectivity index (χ1n) is 9.58. The maximum absolute atomic E-state index is 14.6. The molecule has 4 rings (SSSR count). The number of carbonyl (C=O) groups excluding carboxylic acids is 2. The summed E-state index contributed by atoms with van der Waals surface area (Å²) in [7, 11) is 0. The third-order valence-corrected chi connectivity index (χ3v) is 5.10. The number of hydrazone groups is 1. The van der Waals surface area contributed by atoms with Gasteiger partial charge in [0.25, 0.3) is 0 Å². The van der Waals surface area contributed by atoms with Gasteiger partial charge in [-0.3, -0.25) is 9.69 Å². The molecule has 1 unspecified atom stereocenters. The predicted octanol–water partition coefficient (Wildman–Crippen LogP) is 2.97. The normalized spacial score (nSPS) is 18.0. The van der Waals surface area contributed by atoms with Crippen molar-refractivity contribution in [3.05, 3.63) is 35.6 Å². The SMILES string of the molecule is CC.O=CN1CCN(c2ccc(N3CC(CNc4nccs4)OC3=O)cc2F)C=N1. The highest BCUT2D eigenvalue weighted by atomic mass is 32.1. The Hall–Kier alpha value is -3.21. The molecule has 30 heavy (non-hydrogen) atoms. The Labute approximate surface area is 177 Å². The Kier molecular flexibility index (Phi) is 7.17. The fourth-order valence-corrected chi connectivity index (χ4v) is 3.50. The Morgan fingerprint density at radius 2 is 2.20 bits per heavy atom. The fourth-order valence-electron chi connectivity index (χ4n) is 2.96. The molecule has 160 valence electrons. The quantitative estimate of drug-likeness (QED) is 0.703. The van der Waals surface area contributed by atoms with Crippen LogP contribution in [0.1, 0.15) is 13.8 Å². The molecule has 1 aromatic carbocycles. The molecule has 2 aromatic rings. The van der Waals surface area contributed by atoms with Crippen molar-refractivity contribution in [3.63, 3.8) is 0 Å². The summed E-state index contributed by atoms with van der Waals surface area (Å²) in [5.74, 6) is -0.485. The van der Waals surface area contributed by atoms with Crippen molar-refractivity contribution in [2.45, 2.75) is 20.0 Å². The third-order valence-electron chi connectivity index (χ3n) is 4.37. The zero-order chi connectivity index (χ0) is 21.5. The van der Waals surface area contributed by atoms with Crippen molar-refractivity contribution in [3.8, 4) is 0 Å². The molecule has 2 amide bonds. The van der Waals surface area contributed by atoms with Gasteiger partial charge in [0, 0.05) is 18.1 Å². The van der Waals surface area contributed by atoms with E-state index in [4.69, 9.17) is 4.74 Å². The number of cyclic esters (lactones) is 1. The van der Waals surface area contributed by atoms with Crippen LogP contribution in [0.25, 0.3) is 0 Å². The molecule has 1 N–H and O–H groups in total. The zero-order valence-electron chi connectivity index (χ0n) is 16.7. The number of aromatic nitrogens is 1. The molecular formula is C19H23FN6O3S. The average molecular weight is 434 g/mol. The number of hydrogen-bond donors (Lipinski definition) is 1. The molecule has 0 aliphatic carbocycles. The van der Waals surface area contributed by atoms with Crippen LogP contribution in [0.5, 0.6) is 0 Å². The van der Waals surface area contributed by atoms with Crippen molar-refractivity contribution in [2.75, 3.05) is 41.3 Å². The fraction of sp³-hybridized carbons (Fsp3) is 0.368. The molecular weight excluding hydrogens is 411 g/mol. The van der Waals surface area contributed by atoms with Crippen LogP contribution in [0.3, 0.4) is 0 Å². The Bertz CT molecular complexity index is 894. The van der Waals surface area contributed by atoms with Gasteiger partial charge in [0.2, 0.25) is 6.41 Å². The number of rotatable bonds is 6. The molecule has 11 heteroatoms. The van der Waals surface area contributed by atoms with E-state index < -0.39 is 11.9 Å². The maximum Gasteiger partial charge on any atom is 0.414 e. The van der Waals surface area contributed by atoms with Gasteiger partial charge in [0.15, 0.2) is 5.13 Å². The summed E-state index contributed by atoms with van der Waals surface area (Å²) in [5.41, 5.74) is 0.749. The molecule has 1 aromatic heterocycles. The first-order chi connectivity index (χ1) is 14.6. The lowest BCUT2D eigenvalue weighted by atomic mass is 10.2. The molecule has 1 atom stereocenters. The van der Waals surface area contributed by atoms with Crippen molar-refractivity contribution in [2.24, 2.45) is 5.10 Å². The minimum atomic E-state index is -0.515. The van der Waals surface area contributed by atoms with Crippen LogP contribution in [-0.2, 0) is 9.53 Å². The standard InChI is InChI=1S/C17H17FN6O3S.C2H6/c18-14-7-12(1-2-15(14)22-4-5-23(11-25)21-10-22)24-9-13(27-17(24)26)8-20-16-19-3-6-28-16;1-2/h1-3,6-7,10-11,13H,4-5,8-9H2,(H,19,20);1-2H3. The number of ether oxygens (including phenoxy) is 1. The number of anilines is 3. The zero-order valence-corrected chi connectivity index (χ0v) is 17.5. The number of benzene rings is 1. The lowest BCUT2D eigenvalue weighted by Gasteiger charge is -2.27. The largest absolute Gasteiger partial charge is 0.442 e. The van der Waals surface area contributed by atoms with Gasteiger partial charge >= 0.3 is 6.09 Å². The number of nitrogens with zero attached hydrogens (tertiary/aromatic N) is 5. The molecule has 1 saturated heterocycles. The summed E-state index contributed by atoms with van der Waals surface area (Å²) in [4.78, 5) is 30.0. The van der Waals surface area contributed by atoms with Gasteiger partial charge < -0.3 is 15.0 Å². The van der Waals surface area contributed by atoms with Gasteiger partial charge in [0.05, 0.1) is 31.0 Å². The highest BCUT2D eigenvalue weighted by Gasteiger charge is 2.33. The number of nitrogens with one attached hydrogen (secondary N) is 1. The van der Waals surface area contributed by atoms with Crippen LogP contribution >= 0.6 is 11.3 Å². The number of halogens is 1. The van der Waals surface area contributed by atoms with E-state index in [-0.39, 0.29) is 6.10 Å². The number of hydrogen-bond acceptors (Lipinski definition) is 8. The van der Waals surface area contributed by atoms with Crippen molar-refractivity contribution in [1.82, 2.24) is 9.99 Å². The molecule has 0 saturated carbocycles. The van der Waals surface area contributed by atoms with E-state index in [0.717, 1.165) is 5.13 Å². The Morgan fingerprint density at radius 1 is 1.37 bits per heavy atom. The van der Waals surface area contributed by atoms with Crippen molar-refractivity contribution < 1.29 is 18.7 Å². The molecule has 9 nitrogen and oxygen atoms in total. The molecule has 1 fully saturated rings. The Morgan fingerprint density at radius 3 is 2.83 bits per heavy atom. The van der Waals surface area contributed by atoms with Gasteiger partial charge in [-0.2, -0.15) is 5.10 Å². The predicted molar refractivity (Wildman–Crippen MR) is 115 cm³/mol. The van der Waals surface area contributed by atoms with Crippen LogP contribution in [-0.4, -0.2) is 61.1 Å². The van der Waals surface area contributed by atoms with Gasteiger partial charge in [-0.15, -0.1) is 11.3 Å². The van der Waals surface area contributed by atoms with Crippen LogP contribution in [0.4, 0.5) is 25.7 Å². The molecule has 2 aliphatic heterocycles. The second kappa shape index (κ2) is 10.0. The van der Waals surface area contributed by atoms with E-state index in [1.807, 2.05) is 19.2 Å². The Balaban J connectivity index is 0.00000124. The summed E-state index contributed by atoms with van der Waals surface area (Å²) in [6.45, 7) is 5.53. The van der Waals surface area contributed by atoms with E-state index >= 15 is 0 Å². The second-order valence-corrected chi connectivity index (χ2v) is 7.06. The van der Waals surface area contributed by atoms with Crippen LogP contribution in [0.15, 0.2) is 34.9 Å². The number of amides is 2. The molecule has 0 radical (unpaired) electrons. The first kappa shape index (κ1) is 21.5. The smallest absolute Gasteiger partial charge is 0.414 e. The first-order valence-corrected chi connectivity index (χ1v) is 10.5. The van der Waals surface area contributed by atoms with E-state index in [0.29, 0.717) is 44.0 Å². The summed E-state index contributed by atoms with van der Waals surface area (Å²) in [6, 6.07) is 4.55. The summed E-state index contributed by atoms with van der Waals surface area (Å²) in [6.07, 6.45) is 2.84. The molecule has 0 spiro atoms. The molecule has 0 bridgehead atoms. The topological polar surface area (TPSA) is 90.4 Å². The van der Waals surface area contributed by atoms with Crippen LogP contribution in [0, 0.1) is 5.82 Å². The highest BCUT2D eigenvalue weighted by molar-refractivity contribution is 7.13. The second-order valence-electron chi connectivity index (χ2n) is 6.16. The molecule has 3 heterocycles. The maximum atomic E-state index is 14.6. The van der Waals surface area contributed by atoms with E-state index in [9.17, 15) is 14.0 Å². The third kappa shape index (κ3) is 4.85. The monoisotopic (exact) mass is 434 g/mol. The van der Waals surface area contributed by atoms with Gasteiger partial charge in [0.1, 0.15) is 18.3 Å². The van der Waals surface area contributed by atoms with E-state index in [1.54, 1.807) is 23.2 Å². The lowest BCUT2D eigenvalue weighted by molar-refractivity contribution is -0.118. The lowest BCUT2D eigenvalue weighted by Crippen LogP contribution is -2.37. The van der Waals surface area contributed by atoms with Gasteiger partial charge in [-0.05, 0) is 18.2 Å². The minimum absolute atomic E-state index is 0.315. The van der Waals surface area contributed by atoms with Crippen LogP contribution in [0.2, 0.25) is 0 Å².